The molecule has 0 aromatic heterocycles. The average molecular weight is 234 g/mol. The lowest BCUT2D eigenvalue weighted by molar-refractivity contribution is 0.0662. The van der Waals surface area contributed by atoms with Crippen molar-refractivity contribution in [2.24, 2.45) is 0 Å². The molecule has 0 saturated carbocycles. The zero-order valence-corrected chi connectivity index (χ0v) is 10.1. The highest BCUT2D eigenvalue weighted by atomic mass is 16.5. The van der Waals surface area contributed by atoms with Crippen molar-refractivity contribution in [2.75, 3.05) is 13.2 Å². The van der Waals surface area contributed by atoms with E-state index in [1.165, 1.54) is 0 Å². The molecule has 0 atom stereocenters. The van der Waals surface area contributed by atoms with Crippen LogP contribution in [0.25, 0.3) is 0 Å². The minimum Gasteiger partial charge on any atom is -0.432 e. The van der Waals surface area contributed by atoms with Crippen molar-refractivity contribution in [3.63, 3.8) is 0 Å². The van der Waals surface area contributed by atoms with E-state index in [1.54, 1.807) is 6.07 Å². The Hall–Kier alpha value is -1.61. The highest BCUT2D eigenvalue weighted by molar-refractivity contribution is 5.91. The quantitative estimate of drug-likeness (QED) is 0.413. The number of carbonyl (C=O) groups excluding carboxylic acids is 1. The van der Waals surface area contributed by atoms with Crippen molar-refractivity contribution in [3.8, 4) is 0 Å². The summed E-state index contributed by atoms with van der Waals surface area (Å²) in [7, 11) is 0. The van der Waals surface area contributed by atoms with Gasteiger partial charge in [0.2, 0.25) is 0 Å². The Bertz CT molecular complexity index is 371. The molecular weight excluding hydrogens is 216 g/mol. The van der Waals surface area contributed by atoms with Crippen LogP contribution in [0.4, 0.5) is 0 Å². The third-order valence-electron chi connectivity index (χ3n) is 2.37. The molecule has 0 N–H and O–H groups in total. The van der Waals surface area contributed by atoms with Crippen LogP contribution in [0.15, 0.2) is 37.1 Å². The van der Waals surface area contributed by atoms with Gasteiger partial charge in [-0.1, -0.05) is 24.8 Å². The molecule has 0 unspecified atom stereocenters. The second kappa shape index (κ2) is 7.63. The summed E-state index contributed by atoms with van der Waals surface area (Å²) in [6.07, 6.45) is 2.86. The summed E-state index contributed by atoms with van der Waals surface area (Å²) in [6.45, 7) is 6.78. The number of carbonyl (C=O) groups is 1. The Morgan fingerprint density at radius 3 is 2.88 bits per heavy atom. The van der Waals surface area contributed by atoms with Gasteiger partial charge < -0.3 is 9.47 Å². The van der Waals surface area contributed by atoms with Gasteiger partial charge in [0.25, 0.3) is 0 Å². The van der Waals surface area contributed by atoms with E-state index in [1.807, 2.05) is 25.1 Å². The first kappa shape index (κ1) is 13.5. The number of benzene rings is 1. The second-order valence-electron chi connectivity index (χ2n) is 3.53. The van der Waals surface area contributed by atoms with Gasteiger partial charge in [-0.25, -0.2) is 4.79 Å². The maximum Gasteiger partial charge on any atom is 0.343 e. The molecule has 0 saturated heterocycles. The maximum absolute atomic E-state index is 11.6. The average Bonchev–Trinajstić information content (AvgIpc) is 2.35. The van der Waals surface area contributed by atoms with Crippen molar-refractivity contribution in [3.05, 3.63) is 48.2 Å². The van der Waals surface area contributed by atoms with Crippen LogP contribution in [0, 0.1) is 0 Å². The molecule has 0 spiro atoms. The number of aryl methyl sites for hydroxylation is 1. The number of esters is 1. The van der Waals surface area contributed by atoms with E-state index >= 15 is 0 Å². The third kappa shape index (κ3) is 4.41. The van der Waals surface area contributed by atoms with Gasteiger partial charge in [0.1, 0.15) is 0 Å². The van der Waals surface area contributed by atoms with Gasteiger partial charge in [-0.2, -0.15) is 0 Å². The minimum absolute atomic E-state index is 0.355. The van der Waals surface area contributed by atoms with Crippen LogP contribution < -0.4 is 0 Å². The SMILES string of the molecule is C=COC(=O)c1ccccc1CCCOCC. The third-order valence-corrected chi connectivity index (χ3v) is 2.37. The molecule has 0 aliphatic carbocycles. The summed E-state index contributed by atoms with van der Waals surface area (Å²) in [5.74, 6) is -0.355. The van der Waals surface area contributed by atoms with Crippen molar-refractivity contribution in [1.82, 2.24) is 0 Å². The summed E-state index contributed by atoms with van der Waals surface area (Å²) >= 11 is 0. The minimum atomic E-state index is -0.355. The molecule has 1 aromatic rings. The monoisotopic (exact) mass is 234 g/mol. The zero-order chi connectivity index (χ0) is 12.5. The molecular formula is C14H18O3. The summed E-state index contributed by atoms with van der Waals surface area (Å²) < 4.78 is 10.1. The number of ether oxygens (including phenoxy) is 2. The van der Waals surface area contributed by atoms with Crippen LogP contribution in [0.2, 0.25) is 0 Å². The standard InChI is InChI=1S/C14H18O3/c1-3-16-11-7-9-12-8-5-6-10-13(12)14(15)17-4-2/h4-6,8,10H,2-3,7,9,11H2,1H3. The number of hydrogen-bond acceptors (Lipinski definition) is 3. The Labute approximate surface area is 102 Å². The van der Waals surface area contributed by atoms with Gasteiger partial charge >= 0.3 is 5.97 Å². The van der Waals surface area contributed by atoms with Crippen molar-refractivity contribution < 1.29 is 14.3 Å². The predicted octanol–water partition coefficient (Wildman–Crippen LogP) is 2.96. The van der Waals surface area contributed by atoms with Crippen LogP contribution in [-0.2, 0) is 15.9 Å². The fraction of sp³-hybridized carbons (Fsp3) is 0.357. The van der Waals surface area contributed by atoms with Gasteiger partial charge in [0.15, 0.2) is 0 Å². The summed E-state index contributed by atoms with van der Waals surface area (Å²) in [5.41, 5.74) is 1.59. The molecule has 3 nitrogen and oxygen atoms in total. The highest BCUT2D eigenvalue weighted by Gasteiger charge is 2.10. The second-order valence-corrected chi connectivity index (χ2v) is 3.53. The van der Waals surface area contributed by atoms with E-state index in [0.717, 1.165) is 31.3 Å². The first-order valence-corrected chi connectivity index (χ1v) is 5.77. The maximum atomic E-state index is 11.6. The first-order chi connectivity index (χ1) is 8.29. The van der Waals surface area contributed by atoms with E-state index in [0.29, 0.717) is 12.2 Å². The van der Waals surface area contributed by atoms with Gasteiger partial charge in [-0.3, -0.25) is 0 Å². The van der Waals surface area contributed by atoms with Crippen LogP contribution >= 0.6 is 0 Å². The molecule has 0 fully saturated rings. The van der Waals surface area contributed by atoms with Crippen LogP contribution in [0.5, 0.6) is 0 Å². The van der Waals surface area contributed by atoms with Gasteiger partial charge in [0.05, 0.1) is 11.8 Å². The number of rotatable bonds is 7. The summed E-state index contributed by atoms with van der Waals surface area (Å²) in [6, 6.07) is 7.44. The molecule has 3 heteroatoms. The van der Waals surface area contributed by atoms with Gasteiger partial charge in [-0.15, -0.1) is 0 Å². The number of hydrogen-bond donors (Lipinski definition) is 0. The van der Waals surface area contributed by atoms with Crippen molar-refractivity contribution >= 4 is 5.97 Å². The molecule has 92 valence electrons. The van der Waals surface area contributed by atoms with E-state index in [-0.39, 0.29) is 5.97 Å². The fourth-order valence-corrected chi connectivity index (χ4v) is 1.59. The summed E-state index contributed by atoms with van der Waals surface area (Å²) in [5, 5.41) is 0. The van der Waals surface area contributed by atoms with Gasteiger partial charge in [0, 0.05) is 13.2 Å². The first-order valence-electron chi connectivity index (χ1n) is 5.77. The molecule has 0 aliphatic heterocycles. The van der Waals surface area contributed by atoms with Crippen LogP contribution in [0.1, 0.15) is 29.3 Å². The van der Waals surface area contributed by atoms with Crippen LogP contribution in [0.3, 0.4) is 0 Å². The molecule has 1 aromatic carbocycles. The zero-order valence-electron chi connectivity index (χ0n) is 10.1. The van der Waals surface area contributed by atoms with E-state index in [2.05, 4.69) is 6.58 Å². The Kier molecular flexibility index (Phi) is 6.04. The normalized spacial score (nSPS) is 9.94. The van der Waals surface area contributed by atoms with Crippen molar-refractivity contribution in [2.45, 2.75) is 19.8 Å². The topological polar surface area (TPSA) is 35.5 Å². The lowest BCUT2D eigenvalue weighted by Gasteiger charge is -2.07. The summed E-state index contributed by atoms with van der Waals surface area (Å²) in [4.78, 5) is 11.6. The van der Waals surface area contributed by atoms with Crippen molar-refractivity contribution in [1.29, 1.82) is 0 Å². The highest BCUT2D eigenvalue weighted by Crippen LogP contribution is 2.12. The predicted molar refractivity (Wildman–Crippen MR) is 66.9 cm³/mol. The molecule has 0 aliphatic rings. The Morgan fingerprint density at radius 2 is 2.18 bits per heavy atom. The molecule has 1 rings (SSSR count). The van der Waals surface area contributed by atoms with E-state index in [9.17, 15) is 4.79 Å². The van der Waals surface area contributed by atoms with E-state index < -0.39 is 0 Å². The molecule has 17 heavy (non-hydrogen) atoms. The Balaban J connectivity index is 2.64. The van der Waals surface area contributed by atoms with E-state index in [4.69, 9.17) is 9.47 Å². The fourth-order valence-electron chi connectivity index (χ4n) is 1.59. The molecule has 0 amide bonds. The van der Waals surface area contributed by atoms with Crippen LogP contribution in [-0.4, -0.2) is 19.2 Å². The largest absolute Gasteiger partial charge is 0.432 e. The molecule has 0 heterocycles. The lowest BCUT2D eigenvalue weighted by atomic mass is 10.0. The molecule has 0 bridgehead atoms. The lowest BCUT2D eigenvalue weighted by Crippen LogP contribution is -2.06. The van der Waals surface area contributed by atoms with Gasteiger partial charge in [-0.05, 0) is 31.4 Å². The molecule has 0 radical (unpaired) electrons. The Morgan fingerprint density at radius 1 is 1.41 bits per heavy atom. The smallest absolute Gasteiger partial charge is 0.343 e.